The number of furan rings is 1. The number of hydrogen-bond acceptors (Lipinski definition) is 2. The SMILES string of the molecule is Cc1ccccc1.Cc1ccccc1-c1cc(N(c2ccc(-c3ccc4oc5ccccc5c4c3)cc2)c2cccc3ccccc23)ccc1C. The first kappa shape index (κ1) is 31.9. The molecule has 51 heavy (non-hydrogen) atoms. The maximum atomic E-state index is 6.08. The fraction of sp³-hybridized carbons (Fsp3) is 0.0612. The van der Waals surface area contributed by atoms with Crippen LogP contribution in [0.4, 0.5) is 17.1 Å². The van der Waals surface area contributed by atoms with E-state index in [-0.39, 0.29) is 0 Å². The van der Waals surface area contributed by atoms with Gasteiger partial charge in [0.15, 0.2) is 0 Å². The number of aryl methyl sites for hydroxylation is 3. The van der Waals surface area contributed by atoms with Gasteiger partial charge in [0, 0.05) is 27.5 Å². The standard InChI is InChI=1S/C42H31NO.C7H8/c1-28-10-3-5-13-35(28)38-27-34(22-18-29(38)2)43(40-16-9-12-31-11-4-6-14-36(31)40)33-23-19-30(20-24-33)32-21-25-42-39(26-32)37-15-7-8-17-41(37)44-42;1-7-5-3-2-4-6-7/h3-27H,1-2H3;2-6H,1H3. The predicted molar refractivity (Wildman–Crippen MR) is 217 cm³/mol. The molecule has 0 fully saturated rings. The maximum absolute atomic E-state index is 6.08. The van der Waals surface area contributed by atoms with Gasteiger partial charge in [0.1, 0.15) is 11.2 Å². The first-order chi connectivity index (χ1) is 25.0. The van der Waals surface area contributed by atoms with Crippen molar-refractivity contribution < 1.29 is 4.42 Å². The Morgan fingerprint density at radius 1 is 0.392 bits per heavy atom. The summed E-state index contributed by atoms with van der Waals surface area (Å²) in [4.78, 5) is 2.39. The predicted octanol–water partition coefficient (Wildman–Crippen LogP) is 14.2. The van der Waals surface area contributed by atoms with Gasteiger partial charge < -0.3 is 9.32 Å². The highest BCUT2D eigenvalue weighted by molar-refractivity contribution is 6.06. The van der Waals surface area contributed by atoms with Crippen LogP contribution in [0, 0.1) is 20.8 Å². The Kier molecular flexibility index (Phi) is 8.66. The van der Waals surface area contributed by atoms with E-state index in [1.165, 1.54) is 49.7 Å². The van der Waals surface area contributed by atoms with Crippen molar-refractivity contribution in [3.05, 3.63) is 199 Å². The lowest BCUT2D eigenvalue weighted by molar-refractivity contribution is 0.669. The van der Waals surface area contributed by atoms with Gasteiger partial charge in [-0.3, -0.25) is 0 Å². The molecular weight excluding hydrogens is 619 g/mol. The molecule has 0 amide bonds. The zero-order valence-electron chi connectivity index (χ0n) is 29.2. The van der Waals surface area contributed by atoms with E-state index < -0.39 is 0 Å². The molecule has 1 aromatic heterocycles. The average molecular weight is 658 g/mol. The molecule has 246 valence electrons. The van der Waals surface area contributed by atoms with E-state index in [2.05, 4.69) is 177 Å². The Hall–Kier alpha value is -6.38. The average Bonchev–Trinajstić information content (AvgIpc) is 3.55. The highest BCUT2D eigenvalue weighted by atomic mass is 16.3. The maximum Gasteiger partial charge on any atom is 0.135 e. The normalized spacial score (nSPS) is 11.0. The summed E-state index contributed by atoms with van der Waals surface area (Å²) in [5, 5.41) is 4.72. The summed E-state index contributed by atoms with van der Waals surface area (Å²) < 4.78 is 6.08. The summed E-state index contributed by atoms with van der Waals surface area (Å²) in [6.07, 6.45) is 0. The molecule has 0 radical (unpaired) electrons. The molecule has 0 spiro atoms. The highest BCUT2D eigenvalue weighted by Crippen LogP contribution is 2.42. The largest absolute Gasteiger partial charge is 0.456 e. The van der Waals surface area contributed by atoms with Crippen LogP contribution in [0.1, 0.15) is 16.7 Å². The van der Waals surface area contributed by atoms with Crippen molar-refractivity contribution in [2.75, 3.05) is 4.90 Å². The van der Waals surface area contributed by atoms with Crippen molar-refractivity contribution >= 4 is 49.8 Å². The van der Waals surface area contributed by atoms with Gasteiger partial charge in [0.25, 0.3) is 0 Å². The van der Waals surface area contributed by atoms with Crippen LogP contribution < -0.4 is 4.90 Å². The van der Waals surface area contributed by atoms with E-state index in [1.807, 2.05) is 30.3 Å². The molecule has 9 rings (SSSR count). The first-order valence-corrected chi connectivity index (χ1v) is 17.5. The van der Waals surface area contributed by atoms with Gasteiger partial charge in [-0.1, -0.05) is 139 Å². The highest BCUT2D eigenvalue weighted by Gasteiger charge is 2.18. The zero-order valence-corrected chi connectivity index (χ0v) is 29.2. The van der Waals surface area contributed by atoms with Gasteiger partial charge >= 0.3 is 0 Å². The molecule has 0 unspecified atom stereocenters. The van der Waals surface area contributed by atoms with E-state index in [0.29, 0.717) is 0 Å². The number of para-hydroxylation sites is 1. The summed E-state index contributed by atoms with van der Waals surface area (Å²) >= 11 is 0. The monoisotopic (exact) mass is 657 g/mol. The second-order valence-electron chi connectivity index (χ2n) is 13.2. The molecule has 2 nitrogen and oxygen atoms in total. The van der Waals surface area contributed by atoms with Crippen LogP contribution in [0.3, 0.4) is 0 Å². The number of hydrogen-bond donors (Lipinski definition) is 0. The molecular formula is C49H39NO. The van der Waals surface area contributed by atoms with Crippen LogP contribution in [0.25, 0.3) is 55.0 Å². The molecule has 0 bridgehead atoms. The summed E-state index contributed by atoms with van der Waals surface area (Å²) in [5.74, 6) is 0. The molecule has 9 aromatic rings. The van der Waals surface area contributed by atoms with Crippen molar-refractivity contribution in [1.29, 1.82) is 0 Å². The van der Waals surface area contributed by atoms with Gasteiger partial charge in [-0.05, 0) is 108 Å². The van der Waals surface area contributed by atoms with E-state index in [0.717, 1.165) is 39.0 Å². The van der Waals surface area contributed by atoms with Crippen molar-refractivity contribution in [2.24, 2.45) is 0 Å². The fourth-order valence-electron chi connectivity index (χ4n) is 6.99. The quantitative estimate of drug-likeness (QED) is 0.183. The molecule has 0 aliphatic rings. The van der Waals surface area contributed by atoms with Gasteiger partial charge in [-0.15, -0.1) is 0 Å². The molecule has 0 aliphatic carbocycles. The molecule has 0 saturated carbocycles. The molecule has 0 N–H and O–H groups in total. The van der Waals surface area contributed by atoms with E-state index >= 15 is 0 Å². The van der Waals surface area contributed by atoms with Crippen molar-refractivity contribution in [3.8, 4) is 22.3 Å². The number of benzene rings is 8. The summed E-state index contributed by atoms with van der Waals surface area (Å²) in [6, 6.07) is 64.6. The Labute approximate surface area is 299 Å². The molecule has 1 heterocycles. The van der Waals surface area contributed by atoms with Crippen molar-refractivity contribution in [2.45, 2.75) is 20.8 Å². The van der Waals surface area contributed by atoms with E-state index in [1.54, 1.807) is 0 Å². The summed E-state index contributed by atoms with van der Waals surface area (Å²) in [5.41, 5.74) is 13.9. The molecule has 0 aliphatic heterocycles. The number of fused-ring (bicyclic) bond motifs is 4. The minimum Gasteiger partial charge on any atom is -0.456 e. The van der Waals surface area contributed by atoms with Gasteiger partial charge in [0.05, 0.1) is 5.69 Å². The second-order valence-corrected chi connectivity index (χ2v) is 13.2. The molecule has 0 saturated heterocycles. The third-order valence-corrected chi connectivity index (χ3v) is 9.70. The lowest BCUT2D eigenvalue weighted by Gasteiger charge is -2.28. The van der Waals surface area contributed by atoms with E-state index in [9.17, 15) is 0 Å². The smallest absolute Gasteiger partial charge is 0.135 e. The van der Waals surface area contributed by atoms with Crippen LogP contribution in [0.15, 0.2) is 186 Å². The van der Waals surface area contributed by atoms with Crippen molar-refractivity contribution in [1.82, 2.24) is 0 Å². The number of rotatable bonds is 5. The van der Waals surface area contributed by atoms with Crippen LogP contribution >= 0.6 is 0 Å². The molecule has 0 atom stereocenters. The van der Waals surface area contributed by atoms with Gasteiger partial charge in [-0.2, -0.15) is 0 Å². The van der Waals surface area contributed by atoms with Crippen molar-refractivity contribution in [3.63, 3.8) is 0 Å². The first-order valence-electron chi connectivity index (χ1n) is 17.5. The Morgan fingerprint density at radius 2 is 1.02 bits per heavy atom. The minimum atomic E-state index is 0.914. The lowest BCUT2D eigenvalue weighted by Crippen LogP contribution is -2.11. The molecule has 2 heteroatoms. The Balaban J connectivity index is 0.000000480. The number of anilines is 3. The Bertz CT molecular complexity index is 2610. The zero-order chi connectivity index (χ0) is 34.7. The Morgan fingerprint density at radius 3 is 1.80 bits per heavy atom. The molecule has 8 aromatic carbocycles. The lowest BCUT2D eigenvalue weighted by atomic mass is 9.95. The topological polar surface area (TPSA) is 16.4 Å². The summed E-state index contributed by atoms with van der Waals surface area (Å²) in [7, 11) is 0. The fourth-order valence-corrected chi connectivity index (χ4v) is 6.99. The third kappa shape index (κ3) is 6.40. The second kappa shape index (κ2) is 13.9. The van der Waals surface area contributed by atoms with Crippen LogP contribution in [-0.2, 0) is 0 Å². The van der Waals surface area contributed by atoms with Gasteiger partial charge in [0.2, 0.25) is 0 Å². The summed E-state index contributed by atoms with van der Waals surface area (Å²) in [6.45, 7) is 6.47. The number of nitrogens with zero attached hydrogens (tertiary/aromatic N) is 1. The minimum absolute atomic E-state index is 0.914. The van der Waals surface area contributed by atoms with E-state index in [4.69, 9.17) is 4.42 Å². The van der Waals surface area contributed by atoms with Gasteiger partial charge in [-0.25, -0.2) is 0 Å². The van der Waals surface area contributed by atoms with Crippen LogP contribution in [-0.4, -0.2) is 0 Å². The van der Waals surface area contributed by atoms with Crippen LogP contribution in [0.5, 0.6) is 0 Å². The third-order valence-electron chi connectivity index (χ3n) is 9.70. The van der Waals surface area contributed by atoms with Crippen LogP contribution in [0.2, 0.25) is 0 Å².